The minimum atomic E-state index is -0.966. The van der Waals surface area contributed by atoms with Crippen molar-refractivity contribution >= 4 is 11.9 Å². The first-order valence-corrected chi connectivity index (χ1v) is 6.20. The van der Waals surface area contributed by atoms with Crippen LogP contribution in [-0.4, -0.2) is 17.0 Å². The van der Waals surface area contributed by atoms with E-state index in [2.05, 4.69) is 5.32 Å². The van der Waals surface area contributed by atoms with Crippen molar-refractivity contribution in [2.24, 2.45) is 5.92 Å². The van der Waals surface area contributed by atoms with Gasteiger partial charge in [-0.15, -0.1) is 0 Å². The predicted octanol–water partition coefficient (Wildman–Crippen LogP) is 2.47. The summed E-state index contributed by atoms with van der Waals surface area (Å²) in [4.78, 5) is 23.3. The molecule has 1 aromatic heterocycles. The lowest BCUT2D eigenvalue weighted by Gasteiger charge is -2.22. The van der Waals surface area contributed by atoms with E-state index in [0.717, 1.165) is 5.56 Å². The molecule has 0 bridgehead atoms. The van der Waals surface area contributed by atoms with Gasteiger partial charge in [0.2, 0.25) is 0 Å². The van der Waals surface area contributed by atoms with Gasteiger partial charge < -0.3 is 14.8 Å². The van der Waals surface area contributed by atoms with Gasteiger partial charge in [0.05, 0.1) is 23.8 Å². The summed E-state index contributed by atoms with van der Waals surface area (Å²) in [6, 6.07) is 9.96. The lowest BCUT2D eigenvalue weighted by atomic mass is 9.94. The second-order valence-electron chi connectivity index (χ2n) is 4.50. The number of carboxylic acids is 1. The van der Waals surface area contributed by atoms with Crippen LogP contribution in [0.15, 0.2) is 53.3 Å². The molecule has 2 rings (SSSR count). The maximum atomic E-state index is 12.1. The average molecular weight is 273 g/mol. The van der Waals surface area contributed by atoms with Gasteiger partial charge in [-0.3, -0.25) is 9.59 Å². The van der Waals surface area contributed by atoms with Crippen molar-refractivity contribution in [2.45, 2.75) is 13.0 Å². The zero-order valence-corrected chi connectivity index (χ0v) is 10.9. The second-order valence-corrected chi connectivity index (χ2v) is 4.50. The summed E-state index contributed by atoms with van der Waals surface area (Å²) in [7, 11) is 0. The van der Waals surface area contributed by atoms with Crippen molar-refractivity contribution in [1.29, 1.82) is 0 Å². The number of rotatable bonds is 5. The molecular formula is C15H15NO4. The van der Waals surface area contributed by atoms with Crippen molar-refractivity contribution in [3.63, 3.8) is 0 Å². The van der Waals surface area contributed by atoms with Crippen LogP contribution in [0.1, 0.15) is 28.9 Å². The molecular weight excluding hydrogens is 258 g/mol. The summed E-state index contributed by atoms with van der Waals surface area (Å²) >= 11 is 0. The molecule has 5 nitrogen and oxygen atoms in total. The van der Waals surface area contributed by atoms with Gasteiger partial charge >= 0.3 is 5.97 Å². The standard InChI is InChI=1S/C15H15NO4/c1-10(15(18)19)13(11-5-3-2-4-6-11)16-14(17)12-7-8-20-9-12/h2-10,13H,1H3,(H,16,17)(H,18,19)/t10-,13-/m1/s1. The lowest BCUT2D eigenvalue weighted by molar-refractivity contribution is -0.142. The zero-order chi connectivity index (χ0) is 14.5. The number of carbonyl (C=O) groups is 2. The Hall–Kier alpha value is -2.56. The maximum Gasteiger partial charge on any atom is 0.308 e. The van der Waals surface area contributed by atoms with Crippen LogP contribution in [0.4, 0.5) is 0 Å². The summed E-state index contributed by atoms with van der Waals surface area (Å²) in [5.41, 5.74) is 1.11. The van der Waals surface area contributed by atoms with Crippen LogP contribution in [0, 0.1) is 5.92 Å². The SMILES string of the molecule is C[C@@H](C(=O)O)[C@@H](NC(=O)c1ccoc1)c1ccccc1. The van der Waals surface area contributed by atoms with Crippen LogP contribution in [0.25, 0.3) is 0 Å². The number of hydrogen-bond acceptors (Lipinski definition) is 3. The third-order valence-corrected chi connectivity index (χ3v) is 3.12. The molecule has 0 saturated heterocycles. The molecule has 1 amide bonds. The Balaban J connectivity index is 2.24. The number of carboxylic acid groups (broad SMARTS) is 1. The van der Waals surface area contributed by atoms with E-state index in [4.69, 9.17) is 4.42 Å². The molecule has 2 atom stereocenters. The van der Waals surface area contributed by atoms with E-state index < -0.39 is 17.9 Å². The highest BCUT2D eigenvalue weighted by atomic mass is 16.4. The van der Waals surface area contributed by atoms with Crippen LogP contribution in [-0.2, 0) is 4.79 Å². The van der Waals surface area contributed by atoms with Crippen molar-refractivity contribution in [3.8, 4) is 0 Å². The maximum absolute atomic E-state index is 12.1. The Bertz CT molecular complexity index is 577. The van der Waals surface area contributed by atoms with Gasteiger partial charge in [0.1, 0.15) is 6.26 Å². The summed E-state index contributed by atoms with van der Waals surface area (Å²) in [6.07, 6.45) is 2.72. The topological polar surface area (TPSA) is 79.5 Å². The van der Waals surface area contributed by atoms with Gasteiger partial charge in [-0.05, 0) is 18.6 Å². The van der Waals surface area contributed by atoms with Crippen LogP contribution >= 0.6 is 0 Å². The molecule has 0 fully saturated rings. The number of carbonyl (C=O) groups excluding carboxylic acids is 1. The van der Waals surface area contributed by atoms with E-state index in [9.17, 15) is 14.7 Å². The van der Waals surface area contributed by atoms with Crippen LogP contribution < -0.4 is 5.32 Å². The fourth-order valence-electron chi connectivity index (χ4n) is 1.92. The van der Waals surface area contributed by atoms with Crippen molar-refractivity contribution in [3.05, 3.63) is 60.1 Å². The lowest BCUT2D eigenvalue weighted by Crippen LogP contribution is -2.35. The van der Waals surface area contributed by atoms with Crippen molar-refractivity contribution in [1.82, 2.24) is 5.32 Å². The van der Waals surface area contributed by atoms with Gasteiger partial charge in [0.25, 0.3) is 5.91 Å². The van der Waals surface area contributed by atoms with Gasteiger partial charge in [0, 0.05) is 0 Å². The highest BCUT2D eigenvalue weighted by Gasteiger charge is 2.27. The van der Waals surface area contributed by atoms with E-state index in [1.807, 2.05) is 6.07 Å². The Morgan fingerprint density at radius 2 is 1.90 bits per heavy atom. The number of aliphatic carboxylic acids is 1. The Morgan fingerprint density at radius 1 is 1.20 bits per heavy atom. The van der Waals surface area contributed by atoms with Gasteiger partial charge in [-0.2, -0.15) is 0 Å². The molecule has 2 aromatic rings. The molecule has 20 heavy (non-hydrogen) atoms. The molecule has 0 aliphatic carbocycles. The van der Waals surface area contributed by atoms with Crippen LogP contribution in [0.3, 0.4) is 0 Å². The smallest absolute Gasteiger partial charge is 0.308 e. The van der Waals surface area contributed by atoms with Crippen molar-refractivity contribution < 1.29 is 19.1 Å². The van der Waals surface area contributed by atoms with Gasteiger partial charge in [-0.1, -0.05) is 30.3 Å². The van der Waals surface area contributed by atoms with Crippen LogP contribution in [0.2, 0.25) is 0 Å². The van der Waals surface area contributed by atoms with Crippen LogP contribution in [0.5, 0.6) is 0 Å². The van der Waals surface area contributed by atoms with E-state index in [1.54, 1.807) is 31.2 Å². The highest BCUT2D eigenvalue weighted by molar-refractivity contribution is 5.94. The fraction of sp³-hybridized carbons (Fsp3) is 0.200. The first-order chi connectivity index (χ1) is 9.59. The Morgan fingerprint density at radius 3 is 2.45 bits per heavy atom. The highest BCUT2D eigenvalue weighted by Crippen LogP contribution is 2.22. The molecule has 0 aliphatic rings. The summed E-state index contributed by atoms with van der Waals surface area (Å²) in [5.74, 6) is -2.07. The van der Waals surface area contributed by atoms with Crippen molar-refractivity contribution in [2.75, 3.05) is 0 Å². The number of furan rings is 1. The van der Waals surface area contributed by atoms with Gasteiger partial charge in [0.15, 0.2) is 0 Å². The molecule has 5 heteroatoms. The molecule has 104 valence electrons. The Labute approximate surface area is 116 Å². The third kappa shape index (κ3) is 3.06. The summed E-state index contributed by atoms with van der Waals surface area (Å²) < 4.78 is 4.85. The Kier molecular flexibility index (Phi) is 4.20. The first kappa shape index (κ1) is 13.9. The molecule has 0 radical (unpaired) electrons. The summed E-state index contributed by atoms with van der Waals surface area (Å²) in [5, 5.41) is 11.9. The zero-order valence-electron chi connectivity index (χ0n) is 10.9. The number of amides is 1. The number of nitrogens with one attached hydrogen (secondary N) is 1. The van der Waals surface area contributed by atoms with Gasteiger partial charge in [-0.25, -0.2) is 0 Å². The molecule has 0 aliphatic heterocycles. The fourth-order valence-corrected chi connectivity index (χ4v) is 1.92. The normalized spacial score (nSPS) is 13.4. The number of hydrogen-bond donors (Lipinski definition) is 2. The third-order valence-electron chi connectivity index (χ3n) is 3.12. The molecule has 1 aromatic carbocycles. The molecule has 0 spiro atoms. The van der Waals surface area contributed by atoms with E-state index >= 15 is 0 Å². The first-order valence-electron chi connectivity index (χ1n) is 6.20. The monoisotopic (exact) mass is 273 g/mol. The molecule has 0 saturated carbocycles. The quantitative estimate of drug-likeness (QED) is 0.877. The van der Waals surface area contributed by atoms with E-state index in [-0.39, 0.29) is 5.91 Å². The van der Waals surface area contributed by atoms with E-state index in [0.29, 0.717) is 5.56 Å². The number of benzene rings is 1. The van der Waals surface area contributed by atoms with E-state index in [1.165, 1.54) is 18.6 Å². The second kappa shape index (κ2) is 6.06. The average Bonchev–Trinajstić information content (AvgIpc) is 2.99. The molecule has 1 heterocycles. The molecule has 0 unspecified atom stereocenters. The largest absolute Gasteiger partial charge is 0.481 e. The predicted molar refractivity (Wildman–Crippen MR) is 72.2 cm³/mol. The minimum Gasteiger partial charge on any atom is -0.481 e. The summed E-state index contributed by atoms with van der Waals surface area (Å²) in [6.45, 7) is 1.57. The molecule has 2 N–H and O–H groups in total. The minimum absolute atomic E-state index is 0.360.